The van der Waals surface area contributed by atoms with E-state index < -0.39 is 0 Å². The van der Waals surface area contributed by atoms with E-state index in [0.29, 0.717) is 0 Å². The fourth-order valence-corrected chi connectivity index (χ4v) is 3.20. The number of phenols is 1. The van der Waals surface area contributed by atoms with Crippen molar-refractivity contribution in [1.29, 1.82) is 0 Å². The van der Waals surface area contributed by atoms with Crippen LogP contribution in [0.2, 0.25) is 0 Å². The summed E-state index contributed by atoms with van der Waals surface area (Å²) in [6, 6.07) is 11.5. The van der Waals surface area contributed by atoms with Crippen LogP contribution in [0.25, 0.3) is 10.8 Å². The Bertz CT molecular complexity index is 751. The van der Waals surface area contributed by atoms with Crippen LogP contribution in [-0.4, -0.2) is 16.6 Å². The van der Waals surface area contributed by atoms with Crippen LogP contribution in [0.4, 0.5) is 5.82 Å². The minimum Gasteiger partial charge on any atom is -0.508 e. The Kier molecular flexibility index (Phi) is 3.55. The number of aromatic hydroxyl groups is 1. The third kappa shape index (κ3) is 2.85. The third-order valence-electron chi connectivity index (χ3n) is 3.64. The first-order chi connectivity index (χ1) is 10.1. The second-order valence-corrected chi connectivity index (χ2v) is 6.73. The summed E-state index contributed by atoms with van der Waals surface area (Å²) in [7, 11) is 0. The van der Waals surface area contributed by atoms with Crippen molar-refractivity contribution >= 4 is 27.9 Å². The zero-order chi connectivity index (χ0) is 14.9. The third-order valence-corrected chi connectivity index (χ3v) is 4.87. The van der Waals surface area contributed by atoms with Crippen LogP contribution in [0.5, 0.6) is 5.75 Å². The number of thiophene rings is 1. The fourth-order valence-electron chi connectivity index (χ4n) is 2.35. The number of rotatable bonds is 4. The SMILES string of the molecule is CC(C)(CNc1nccc2ccc(O)cc12)c1cccs1. The normalized spacial score (nSPS) is 11.7. The van der Waals surface area contributed by atoms with Crippen LogP contribution in [0.3, 0.4) is 0 Å². The van der Waals surface area contributed by atoms with E-state index in [4.69, 9.17) is 0 Å². The van der Waals surface area contributed by atoms with Gasteiger partial charge in [-0.05, 0) is 35.0 Å². The molecule has 3 rings (SSSR count). The maximum absolute atomic E-state index is 9.68. The predicted octanol–water partition coefficient (Wildman–Crippen LogP) is 4.39. The maximum Gasteiger partial charge on any atom is 0.133 e. The molecule has 0 atom stereocenters. The van der Waals surface area contributed by atoms with Gasteiger partial charge in [-0.15, -0.1) is 11.3 Å². The van der Waals surface area contributed by atoms with Crippen LogP contribution in [0.15, 0.2) is 48.0 Å². The van der Waals surface area contributed by atoms with E-state index >= 15 is 0 Å². The molecule has 2 N–H and O–H groups in total. The molecule has 0 spiro atoms. The summed E-state index contributed by atoms with van der Waals surface area (Å²) in [5, 5.41) is 17.2. The quantitative estimate of drug-likeness (QED) is 0.751. The van der Waals surface area contributed by atoms with Gasteiger partial charge in [-0.25, -0.2) is 4.98 Å². The first-order valence-corrected chi connectivity index (χ1v) is 7.80. The standard InChI is InChI=1S/C17H18N2OS/c1-17(2,15-4-3-9-21-15)11-19-16-14-10-13(20)6-5-12(14)7-8-18-16/h3-10,20H,11H2,1-2H3,(H,18,19). The van der Waals surface area contributed by atoms with Crippen molar-refractivity contribution in [3.05, 3.63) is 52.9 Å². The van der Waals surface area contributed by atoms with Crippen LogP contribution in [0.1, 0.15) is 18.7 Å². The number of fused-ring (bicyclic) bond motifs is 1. The Morgan fingerprint density at radius 3 is 2.86 bits per heavy atom. The van der Waals surface area contributed by atoms with Crippen LogP contribution >= 0.6 is 11.3 Å². The van der Waals surface area contributed by atoms with Gasteiger partial charge in [0.1, 0.15) is 11.6 Å². The topological polar surface area (TPSA) is 45.2 Å². The average molecular weight is 298 g/mol. The highest BCUT2D eigenvalue weighted by atomic mass is 32.1. The average Bonchev–Trinajstić information content (AvgIpc) is 3.00. The fraction of sp³-hybridized carbons (Fsp3) is 0.235. The van der Waals surface area contributed by atoms with Crippen molar-refractivity contribution in [3.8, 4) is 5.75 Å². The Hall–Kier alpha value is -2.07. The van der Waals surface area contributed by atoms with Crippen LogP contribution < -0.4 is 5.32 Å². The number of aromatic nitrogens is 1. The molecule has 0 saturated heterocycles. The molecule has 2 heterocycles. The zero-order valence-corrected chi connectivity index (χ0v) is 12.9. The lowest BCUT2D eigenvalue weighted by Gasteiger charge is -2.24. The summed E-state index contributed by atoms with van der Waals surface area (Å²) < 4.78 is 0. The number of nitrogens with zero attached hydrogens (tertiary/aromatic N) is 1. The number of phenolic OH excluding ortho intramolecular Hbond substituents is 1. The molecule has 0 aliphatic heterocycles. The van der Waals surface area contributed by atoms with Gasteiger partial charge in [0, 0.05) is 28.4 Å². The summed E-state index contributed by atoms with van der Waals surface area (Å²) >= 11 is 1.77. The lowest BCUT2D eigenvalue weighted by atomic mass is 9.91. The van der Waals surface area contributed by atoms with Gasteiger partial charge in [0.05, 0.1) is 0 Å². The molecule has 3 aromatic rings. The molecule has 21 heavy (non-hydrogen) atoms. The van der Waals surface area contributed by atoms with Crippen molar-refractivity contribution in [2.75, 3.05) is 11.9 Å². The van der Waals surface area contributed by atoms with Gasteiger partial charge in [0.2, 0.25) is 0 Å². The number of hydrogen-bond donors (Lipinski definition) is 2. The van der Waals surface area contributed by atoms with Gasteiger partial charge in [-0.3, -0.25) is 0 Å². The van der Waals surface area contributed by atoms with Crippen molar-refractivity contribution in [3.63, 3.8) is 0 Å². The Morgan fingerprint density at radius 2 is 2.10 bits per heavy atom. The molecular formula is C17H18N2OS. The van der Waals surface area contributed by atoms with Crippen molar-refractivity contribution in [2.24, 2.45) is 0 Å². The van der Waals surface area contributed by atoms with Crippen LogP contribution in [-0.2, 0) is 5.41 Å². The molecule has 0 unspecified atom stereocenters. The van der Waals surface area contributed by atoms with E-state index in [2.05, 4.69) is 41.7 Å². The van der Waals surface area contributed by atoms with E-state index in [0.717, 1.165) is 23.1 Å². The monoisotopic (exact) mass is 298 g/mol. The summed E-state index contributed by atoms with van der Waals surface area (Å²) in [4.78, 5) is 5.76. The van der Waals surface area contributed by atoms with E-state index in [9.17, 15) is 5.11 Å². The van der Waals surface area contributed by atoms with Crippen molar-refractivity contribution < 1.29 is 5.11 Å². The highest BCUT2D eigenvalue weighted by molar-refractivity contribution is 7.10. The van der Waals surface area contributed by atoms with E-state index in [-0.39, 0.29) is 11.2 Å². The molecule has 0 fully saturated rings. The first kappa shape index (κ1) is 13.9. The first-order valence-electron chi connectivity index (χ1n) is 6.92. The summed E-state index contributed by atoms with van der Waals surface area (Å²) in [5.74, 6) is 1.07. The van der Waals surface area contributed by atoms with Crippen LogP contribution in [0, 0.1) is 0 Å². The summed E-state index contributed by atoms with van der Waals surface area (Å²) in [6.45, 7) is 5.22. The highest BCUT2D eigenvalue weighted by Gasteiger charge is 2.21. The van der Waals surface area contributed by atoms with Gasteiger partial charge < -0.3 is 10.4 Å². The smallest absolute Gasteiger partial charge is 0.133 e. The molecule has 3 nitrogen and oxygen atoms in total. The molecule has 1 aromatic carbocycles. The number of pyridine rings is 1. The predicted molar refractivity (Wildman–Crippen MR) is 89.2 cm³/mol. The Labute approximate surface area is 128 Å². The minimum absolute atomic E-state index is 0.0365. The summed E-state index contributed by atoms with van der Waals surface area (Å²) in [5.41, 5.74) is 0.0365. The van der Waals surface area contributed by atoms with Gasteiger partial charge in [-0.2, -0.15) is 0 Å². The molecule has 108 valence electrons. The number of benzene rings is 1. The lowest BCUT2D eigenvalue weighted by molar-refractivity contribution is 0.476. The van der Waals surface area contributed by atoms with Gasteiger partial charge in [-0.1, -0.05) is 26.0 Å². The van der Waals surface area contributed by atoms with Gasteiger partial charge >= 0.3 is 0 Å². The Balaban J connectivity index is 1.87. The molecule has 4 heteroatoms. The molecule has 0 amide bonds. The number of hydrogen-bond acceptors (Lipinski definition) is 4. The second-order valence-electron chi connectivity index (χ2n) is 5.78. The van der Waals surface area contributed by atoms with Crippen molar-refractivity contribution in [1.82, 2.24) is 4.98 Å². The van der Waals surface area contributed by atoms with Crippen molar-refractivity contribution in [2.45, 2.75) is 19.3 Å². The molecule has 0 bridgehead atoms. The molecule has 0 aliphatic carbocycles. The molecule has 0 saturated carbocycles. The van der Waals surface area contributed by atoms with E-state index in [1.54, 1.807) is 29.7 Å². The molecule has 2 aromatic heterocycles. The molecule has 0 radical (unpaired) electrons. The molecular weight excluding hydrogens is 280 g/mol. The van der Waals surface area contributed by atoms with E-state index in [1.807, 2.05) is 12.1 Å². The van der Waals surface area contributed by atoms with Gasteiger partial charge in [0.15, 0.2) is 0 Å². The summed E-state index contributed by atoms with van der Waals surface area (Å²) in [6.07, 6.45) is 1.79. The highest BCUT2D eigenvalue weighted by Crippen LogP contribution is 2.29. The largest absolute Gasteiger partial charge is 0.508 e. The number of anilines is 1. The zero-order valence-electron chi connectivity index (χ0n) is 12.1. The molecule has 0 aliphatic rings. The second kappa shape index (κ2) is 5.37. The maximum atomic E-state index is 9.68. The minimum atomic E-state index is 0.0365. The lowest BCUT2D eigenvalue weighted by Crippen LogP contribution is -2.26. The van der Waals surface area contributed by atoms with E-state index in [1.165, 1.54) is 4.88 Å². The Morgan fingerprint density at radius 1 is 1.24 bits per heavy atom. The van der Waals surface area contributed by atoms with Gasteiger partial charge in [0.25, 0.3) is 0 Å². The number of nitrogens with one attached hydrogen (secondary N) is 1.